The van der Waals surface area contributed by atoms with Crippen molar-refractivity contribution >= 4 is 5.91 Å². The second kappa shape index (κ2) is 41.2. The van der Waals surface area contributed by atoms with Crippen LogP contribution in [0.3, 0.4) is 0 Å². The summed E-state index contributed by atoms with van der Waals surface area (Å²) in [6, 6.07) is -0.829. The highest BCUT2D eigenvalue weighted by atomic mass is 16.7. The number of hydrogen-bond acceptors (Lipinski definition) is 8. The van der Waals surface area contributed by atoms with Gasteiger partial charge < -0.3 is 40.3 Å². The van der Waals surface area contributed by atoms with Crippen LogP contribution in [0, 0.1) is 0 Å². The average molecular weight is 848 g/mol. The Balaban J connectivity index is 2.36. The standard InChI is InChI=1S/C51H93NO8/c1-3-5-7-9-11-13-15-17-19-21-23-25-27-29-31-33-35-37-39-41-47(55)52-44(43-59-51-50(58)49(57)48(56)46(42-53)60-51)45(54)40-38-36-34-32-30-28-26-24-22-20-18-16-14-12-10-8-6-4-2/h17,19,22,24,30,32,38,40,44-46,48-51,53-54,56-58H,3-16,18,20-21,23,25-29,31,33-37,39,41-43H2,1-2H3,(H,52,55)/b19-17-,24-22+,32-30+,40-38+. The normalized spacial score (nSPS) is 20.9. The van der Waals surface area contributed by atoms with Gasteiger partial charge in [0.15, 0.2) is 6.29 Å². The fraction of sp³-hybridized carbons (Fsp3) is 0.824. The van der Waals surface area contributed by atoms with E-state index in [0.717, 1.165) is 44.9 Å². The van der Waals surface area contributed by atoms with E-state index in [2.05, 4.69) is 55.6 Å². The van der Waals surface area contributed by atoms with Crippen molar-refractivity contribution in [3.63, 3.8) is 0 Å². The van der Waals surface area contributed by atoms with E-state index in [0.29, 0.717) is 6.42 Å². The first-order valence-electron chi connectivity index (χ1n) is 24.9. The highest BCUT2D eigenvalue weighted by Crippen LogP contribution is 2.22. The Bertz CT molecular complexity index is 1080. The molecule has 1 aliphatic heterocycles. The monoisotopic (exact) mass is 848 g/mol. The van der Waals surface area contributed by atoms with E-state index in [-0.39, 0.29) is 12.5 Å². The summed E-state index contributed by atoms with van der Waals surface area (Å²) in [4.78, 5) is 13.0. The molecule has 0 spiro atoms. The smallest absolute Gasteiger partial charge is 0.220 e. The van der Waals surface area contributed by atoms with Crippen LogP contribution in [-0.4, -0.2) is 87.5 Å². The van der Waals surface area contributed by atoms with Crippen LogP contribution in [0.15, 0.2) is 48.6 Å². The molecule has 0 aromatic heterocycles. The van der Waals surface area contributed by atoms with Crippen molar-refractivity contribution in [2.45, 2.75) is 256 Å². The van der Waals surface area contributed by atoms with Crippen molar-refractivity contribution in [2.24, 2.45) is 0 Å². The second-order valence-electron chi connectivity index (χ2n) is 17.2. The molecule has 0 saturated carbocycles. The Morgan fingerprint density at radius 1 is 0.550 bits per heavy atom. The highest BCUT2D eigenvalue weighted by molar-refractivity contribution is 5.76. The number of aliphatic hydroxyl groups is 5. The van der Waals surface area contributed by atoms with Gasteiger partial charge in [-0.15, -0.1) is 0 Å². The van der Waals surface area contributed by atoms with Gasteiger partial charge in [-0.25, -0.2) is 0 Å². The van der Waals surface area contributed by atoms with Crippen LogP contribution < -0.4 is 5.32 Å². The fourth-order valence-corrected chi connectivity index (χ4v) is 7.59. The van der Waals surface area contributed by atoms with Crippen molar-refractivity contribution in [2.75, 3.05) is 13.2 Å². The Morgan fingerprint density at radius 2 is 0.950 bits per heavy atom. The first kappa shape index (κ1) is 56.2. The first-order chi connectivity index (χ1) is 29.3. The number of rotatable bonds is 41. The summed E-state index contributed by atoms with van der Waals surface area (Å²) >= 11 is 0. The van der Waals surface area contributed by atoms with E-state index < -0.39 is 49.5 Å². The molecule has 0 aromatic carbocycles. The Kier molecular flexibility index (Phi) is 38.5. The predicted octanol–water partition coefficient (Wildman–Crippen LogP) is 11.0. The van der Waals surface area contributed by atoms with Crippen LogP contribution in [-0.2, 0) is 14.3 Å². The van der Waals surface area contributed by atoms with Crippen LogP contribution in [0.1, 0.15) is 213 Å². The number of aliphatic hydroxyl groups excluding tert-OH is 5. The SMILES string of the molecule is CCCCCCCC/C=C\CCCCCCCCCCCC(=O)NC(COC1OC(CO)C(O)C(O)C1O)C(O)/C=C/CC/C=C/CC/C=C/CCCCCCCCCC. The quantitative estimate of drug-likeness (QED) is 0.0263. The predicted molar refractivity (Wildman–Crippen MR) is 249 cm³/mol. The van der Waals surface area contributed by atoms with Crippen molar-refractivity contribution in [1.29, 1.82) is 0 Å². The van der Waals surface area contributed by atoms with Crippen molar-refractivity contribution in [3.05, 3.63) is 48.6 Å². The fourth-order valence-electron chi connectivity index (χ4n) is 7.59. The summed E-state index contributed by atoms with van der Waals surface area (Å²) in [7, 11) is 0. The van der Waals surface area contributed by atoms with Gasteiger partial charge in [0.2, 0.25) is 5.91 Å². The molecule has 0 bridgehead atoms. The zero-order valence-electron chi connectivity index (χ0n) is 38.5. The molecule has 1 amide bonds. The molecule has 1 fully saturated rings. The second-order valence-corrected chi connectivity index (χ2v) is 17.2. The maximum atomic E-state index is 13.0. The van der Waals surface area contributed by atoms with Crippen molar-refractivity contribution in [3.8, 4) is 0 Å². The summed E-state index contributed by atoms with van der Waals surface area (Å²) in [5, 5.41) is 54.3. The number of carbonyl (C=O) groups is 1. The Hall–Kier alpha value is -1.85. The molecule has 7 unspecified atom stereocenters. The molecule has 1 saturated heterocycles. The lowest BCUT2D eigenvalue weighted by atomic mass is 9.99. The minimum absolute atomic E-state index is 0.194. The summed E-state index contributed by atoms with van der Waals surface area (Å²) in [5.74, 6) is -0.194. The number of carbonyl (C=O) groups excluding carboxylic acids is 1. The molecular formula is C51H93NO8. The van der Waals surface area contributed by atoms with E-state index in [1.807, 2.05) is 6.08 Å². The summed E-state index contributed by atoms with van der Waals surface area (Å²) in [6.45, 7) is 3.75. The zero-order valence-corrected chi connectivity index (χ0v) is 38.5. The number of unbranched alkanes of at least 4 members (excludes halogenated alkanes) is 25. The van der Waals surface area contributed by atoms with E-state index in [4.69, 9.17) is 9.47 Å². The first-order valence-corrected chi connectivity index (χ1v) is 24.9. The van der Waals surface area contributed by atoms with Gasteiger partial charge in [0.1, 0.15) is 24.4 Å². The van der Waals surface area contributed by atoms with Gasteiger partial charge in [0.05, 0.1) is 25.4 Å². The molecule has 1 aliphatic rings. The minimum atomic E-state index is -1.57. The molecule has 1 rings (SSSR count). The van der Waals surface area contributed by atoms with Crippen LogP contribution in [0.2, 0.25) is 0 Å². The molecule has 350 valence electrons. The van der Waals surface area contributed by atoms with E-state index in [1.165, 1.54) is 148 Å². The molecule has 6 N–H and O–H groups in total. The maximum Gasteiger partial charge on any atom is 0.220 e. The highest BCUT2D eigenvalue weighted by Gasteiger charge is 2.44. The molecule has 7 atom stereocenters. The summed E-state index contributed by atoms with van der Waals surface area (Å²) < 4.78 is 11.2. The van der Waals surface area contributed by atoms with Crippen LogP contribution in [0.4, 0.5) is 0 Å². The third-order valence-corrected chi connectivity index (χ3v) is 11.6. The number of hydrogen-bond donors (Lipinski definition) is 6. The van der Waals surface area contributed by atoms with Gasteiger partial charge >= 0.3 is 0 Å². The Labute approximate surface area is 367 Å². The van der Waals surface area contributed by atoms with Gasteiger partial charge in [-0.1, -0.05) is 184 Å². The van der Waals surface area contributed by atoms with Crippen molar-refractivity contribution < 1.29 is 39.8 Å². The molecular weight excluding hydrogens is 755 g/mol. The maximum absolute atomic E-state index is 13.0. The third kappa shape index (κ3) is 31.1. The lowest BCUT2D eigenvalue weighted by Gasteiger charge is -2.40. The van der Waals surface area contributed by atoms with Crippen LogP contribution >= 0.6 is 0 Å². The zero-order chi connectivity index (χ0) is 43.7. The molecule has 9 nitrogen and oxygen atoms in total. The van der Waals surface area contributed by atoms with E-state index >= 15 is 0 Å². The summed E-state index contributed by atoms with van der Waals surface area (Å²) in [5.41, 5.74) is 0. The number of nitrogens with one attached hydrogen (secondary N) is 1. The molecule has 0 aliphatic carbocycles. The topological polar surface area (TPSA) is 149 Å². The Morgan fingerprint density at radius 3 is 1.40 bits per heavy atom. The van der Waals surface area contributed by atoms with Gasteiger partial charge in [0, 0.05) is 6.42 Å². The van der Waals surface area contributed by atoms with Gasteiger partial charge in [0.25, 0.3) is 0 Å². The molecule has 60 heavy (non-hydrogen) atoms. The molecule has 0 radical (unpaired) electrons. The molecule has 0 aromatic rings. The van der Waals surface area contributed by atoms with Gasteiger partial charge in [-0.2, -0.15) is 0 Å². The van der Waals surface area contributed by atoms with Gasteiger partial charge in [-0.3, -0.25) is 4.79 Å². The molecule has 1 heterocycles. The minimum Gasteiger partial charge on any atom is -0.394 e. The van der Waals surface area contributed by atoms with E-state index in [1.54, 1.807) is 6.08 Å². The molecule has 9 heteroatoms. The lowest BCUT2D eigenvalue weighted by Crippen LogP contribution is -2.60. The third-order valence-electron chi connectivity index (χ3n) is 11.6. The van der Waals surface area contributed by atoms with Crippen molar-refractivity contribution in [1.82, 2.24) is 5.32 Å². The largest absolute Gasteiger partial charge is 0.394 e. The van der Waals surface area contributed by atoms with E-state index in [9.17, 15) is 30.3 Å². The number of amides is 1. The lowest BCUT2D eigenvalue weighted by molar-refractivity contribution is -0.302. The number of ether oxygens (including phenoxy) is 2. The van der Waals surface area contributed by atoms with Crippen LogP contribution in [0.25, 0.3) is 0 Å². The summed E-state index contributed by atoms with van der Waals surface area (Å²) in [6.07, 6.45) is 45.8. The van der Waals surface area contributed by atoms with Gasteiger partial charge in [-0.05, 0) is 70.6 Å². The van der Waals surface area contributed by atoms with Crippen LogP contribution in [0.5, 0.6) is 0 Å². The number of allylic oxidation sites excluding steroid dienone is 7. The average Bonchev–Trinajstić information content (AvgIpc) is 3.25.